The first kappa shape index (κ1) is 22.1. The van der Waals surface area contributed by atoms with Gasteiger partial charge in [0.2, 0.25) is 11.8 Å². The Morgan fingerprint density at radius 3 is 2.86 bits per heavy atom. The smallest absolute Gasteiger partial charge is 0.340 e. The molecule has 0 aromatic carbocycles. The van der Waals surface area contributed by atoms with Gasteiger partial charge in [-0.05, 0) is 32.2 Å². The predicted molar refractivity (Wildman–Crippen MR) is 111 cm³/mol. The van der Waals surface area contributed by atoms with E-state index in [1.807, 2.05) is 26.8 Å². The summed E-state index contributed by atoms with van der Waals surface area (Å²) in [6.45, 7) is 8.14. The molecule has 0 aliphatic carbocycles. The number of likely N-dealkylation sites (N-methyl/N-ethyl adjacent to an activating group) is 1. The quantitative estimate of drug-likeness (QED) is 0.456. The van der Waals surface area contributed by atoms with Gasteiger partial charge in [-0.25, -0.2) is 0 Å². The van der Waals surface area contributed by atoms with Crippen LogP contribution in [0.2, 0.25) is 6.32 Å². The molecule has 1 saturated heterocycles. The molecule has 1 fully saturated rings. The standard InChI is InChI=1S/C20H32BN3O4/c1-5-6-16-7-8-21-28-19(16)15(3)13-27-17-11-24(12-17)10-14(2)20(26)23-9-18(25)22-4/h5-6,13-14,17,21H,7-12H2,1-4H3,(H,22,25)(H,23,26)/b6-5-,15-13+. The van der Waals surface area contributed by atoms with Crippen molar-refractivity contribution < 1.29 is 19.0 Å². The van der Waals surface area contributed by atoms with Gasteiger partial charge in [-0.3, -0.25) is 14.5 Å². The summed E-state index contributed by atoms with van der Waals surface area (Å²) < 4.78 is 11.7. The van der Waals surface area contributed by atoms with Crippen molar-refractivity contribution in [1.82, 2.24) is 15.5 Å². The predicted octanol–water partition coefficient (Wildman–Crippen LogP) is 1.11. The third-order valence-electron chi connectivity index (χ3n) is 4.90. The molecule has 0 aromatic heterocycles. The van der Waals surface area contributed by atoms with Gasteiger partial charge >= 0.3 is 7.48 Å². The number of rotatable bonds is 9. The van der Waals surface area contributed by atoms with E-state index in [-0.39, 0.29) is 30.4 Å². The first-order chi connectivity index (χ1) is 13.4. The zero-order valence-electron chi connectivity index (χ0n) is 17.4. The van der Waals surface area contributed by atoms with Crippen molar-refractivity contribution in [3.05, 3.63) is 35.3 Å². The Labute approximate surface area is 168 Å². The van der Waals surface area contributed by atoms with Crippen LogP contribution in [0, 0.1) is 5.92 Å². The van der Waals surface area contributed by atoms with E-state index in [0.29, 0.717) is 6.54 Å². The molecule has 1 unspecified atom stereocenters. The average Bonchev–Trinajstić information content (AvgIpc) is 2.67. The van der Waals surface area contributed by atoms with Crippen LogP contribution in [-0.2, 0) is 19.0 Å². The highest BCUT2D eigenvalue weighted by Crippen LogP contribution is 2.26. The maximum atomic E-state index is 12.0. The molecule has 2 rings (SSSR count). The number of ether oxygens (including phenoxy) is 1. The summed E-state index contributed by atoms with van der Waals surface area (Å²) in [6, 6.07) is 0. The molecule has 28 heavy (non-hydrogen) atoms. The SMILES string of the molecule is C/C=C\C1=C(C(/C)=C/OC2CN(CC(C)C(=O)NCC(=O)NC)C2)OBCC1. The van der Waals surface area contributed by atoms with E-state index in [9.17, 15) is 9.59 Å². The minimum Gasteiger partial charge on any atom is -0.564 e. The average molecular weight is 389 g/mol. The van der Waals surface area contributed by atoms with E-state index in [1.165, 1.54) is 5.57 Å². The molecule has 0 spiro atoms. The lowest BCUT2D eigenvalue weighted by molar-refractivity contribution is -0.129. The summed E-state index contributed by atoms with van der Waals surface area (Å²) in [5.41, 5.74) is 2.23. The van der Waals surface area contributed by atoms with Gasteiger partial charge in [0.1, 0.15) is 11.9 Å². The largest absolute Gasteiger partial charge is 0.564 e. The van der Waals surface area contributed by atoms with Crippen LogP contribution in [0.1, 0.15) is 27.2 Å². The van der Waals surface area contributed by atoms with Gasteiger partial charge in [0, 0.05) is 38.2 Å². The van der Waals surface area contributed by atoms with Crippen LogP contribution in [0.25, 0.3) is 0 Å². The molecule has 0 aromatic rings. The van der Waals surface area contributed by atoms with E-state index in [0.717, 1.165) is 44.6 Å². The van der Waals surface area contributed by atoms with Crippen molar-refractivity contribution in [3.8, 4) is 0 Å². The molecule has 2 aliphatic heterocycles. The van der Waals surface area contributed by atoms with Gasteiger partial charge in [-0.1, -0.05) is 19.1 Å². The van der Waals surface area contributed by atoms with E-state index in [1.54, 1.807) is 13.3 Å². The van der Waals surface area contributed by atoms with E-state index in [4.69, 9.17) is 9.39 Å². The minimum absolute atomic E-state index is 0.0165. The zero-order chi connectivity index (χ0) is 20.5. The van der Waals surface area contributed by atoms with Gasteiger partial charge in [0.05, 0.1) is 12.8 Å². The van der Waals surface area contributed by atoms with Crippen LogP contribution >= 0.6 is 0 Å². The fourth-order valence-corrected chi connectivity index (χ4v) is 3.28. The number of nitrogens with one attached hydrogen (secondary N) is 2. The third kappa shape index (κ3) is 6.44. The summed E-state index contributed by atoms with van der Waals surface area (Å²) in [4.78, 5) is 25.4. The number of carbonyl (C=O) groups is 2. The third-order valence-corrected chi connectivity index (χ3v) is 4.90. The van der Waals surface area contributed by atoms with Crippen LogP contribution in [0.3, 0.4) is 0 Å². The number of likely N-dealkylation sites (tertiary alicyclic amines) is 1. The summed E-state index contributed by atoms with van der Waals surface area (Å²) in [5.74, 6) is 0.449. The highest BCUT2D eigenvalue weighted by Gasteiger charge is 2.30. The molecular formula is C20H32BN3O4. The highest BCUT2D eigenvalue weighted by atomic mass is 16.5. The van der Waals surface area contributed by atoms with Crippen molar-refractivity contribution in [2.45, 2.75) is 39.6 Å². The Bertz CT molecular complexity index is 654. The number of amides is 2. The Morgan fingerprint density at radius 1 is 1.43 bits per heavy atom. The van der Waals surface area contributed by atoms with Crippen LogP contribution < -0.4 is 10.6 Å². The van der Waals surface area contributed by atoms with Crippen LogP contribution in [0.5, 0.6) is 0 Å². The van der Waals surface area contributed by atoms with Crippen molar-refractivity contribution in [2.24, 2.45) is 5.92 Å². The van der Waals surface area contributed by atoms with Crippen molar-refractivity contribution in [1.29, 1.82) is 0 Å². The summed E-state index contributed by atoms with van der Waals surface area (Å²) in [7, 11) is 2.30. The number of carbonyl (C=O) groups excluding carboxylic acids is 2. The van der Waals surface area contributed by atoms with E-state index >= 15 is 0 Å². The maximum absolute atomic E-state index is 12.0. The molecule has 1 atom stereocenters. The van der Waals surface area contributed by atoms with Crippen molar-refractivity contribution >= 4 is 19.3 Å². The number of nitrogens with zero attached hydrogens (tertiary/aromatic N) is 1. The molecule has 8 heteroatoms. The first-order valence-electron chi connectivity index (χ1n) is 9.96. The Morgan fingerprint density at radius 2 is 2.18 bits per heavy atom. The Balaban J connectivity index is 1.74. The fourth-order valence-electron chi connectivity index (χ4n) is 3.28. The lowest BCUT2D eigenvalue weighted by Gasteiger charge is -2.39. The normalized spacial score (nSPS) is 19.5. The lowest BCUT2D eigenvalue weighted by atomic mass is 9.85. The Hall–Kier alpha value is -2.22. The molecule has 7 nitrogen and oxygen atoms in total. The first-order valence-corrected chi connectivity index (χ1v) is 9.96. The number of hydrogen-bond acceptors (Lipinski definition) is 5. The van der Waals surface area contributed by atoms with Gasteiger partial charge < -0.3 is 20.0 Å². The van der Waals surface area contributed by atoms with Crippen molar-refractivity contribution in [3.63, 3.8) is 0 Å². The zero-order valence-corrected chi connectivity index (χ0v) is 17.4. The topological polar surface area (TPSA) is 79.9 Å². The van der Waals surface area contributed by atoms with Gasteiger partial charge in [0.25, 0.3) is 0 Å². The van der Waals surface area contributed by atoms with E-state index < -0.39 is 0 Å². The molecule has 2 heterocycles. The lowest BCUT2D eigenvalue weighted by Crippen LogP contribution is -2.54. The molecule has 2 N–H and O–H groups in total. The molecule has 0 saturated carbocycles. The van der Waals surface area contributed by atoms with Crippen molar-refractivity contribution in [2.75, 3.05) is 33.2 Å². The summed E-state index contributed by atoms with van der Waals surface area (Å²) >= 11 is 0. The highest BCUT2D eigenvalue weighted by molar-refractivity contribution is 6.28. The van der Waals surface area contributed by atoms with Crippen LogP contribution in [0.4, 0.5) is 0 Å². The fraction of sp³-hybridized carbons (Fsp3) is 0.600. The minimum atomic E-state index is -0.199. The second-order valence-corrected chi connectivity index (χ2v) is 7.38. The molecule has 2 amide bonds. The van der Waals surface area contributed by atoms with Gasteiger partial charge in [-0.2, -0.15) is 0 Å². The maximum Gasteiger partial charge on any atom is 0.340 e. The molecular weight excluding hydrogens is 357 g/mol. The van der Waals surface area contributed by atoms with Gasteiger partial charge in [-0.15, -0.1) is 0 Å². The van der Waals surface area contributed by atoms with Crippen LogP contribution in [-0.4, -0.2) is 63.5 Å². The van der Waals surface area contributed by atoms with Crippen LogP contribution in [0.15, 0.2) is 35.3 Å². The summed E-state index contributed by atoms with van der Waals surface area (Å²) in [6.07, 6.45) is 8.14. The Kier molecular flexibility index (Phi) is 8.63. The molecule has 2 aliphatic rings. The second kappa shape index (κ2) is 10.9. The number of hydrogen-bond donors (Lipinski definition) is 2. The monoisotopic (exact) mass is 389 g/mol. The van der Waals surface area contributed by atoms with E-state index in [2.05, 4.69) is 21.6 Å². The molecule has 154 valence electrons. The second-order valence-electron chi connectivity index (χ2n) is 7.38. The van der Waals surface area contributed by atoms with Gasteiger partial charge in [0.15, 0.2) is 0 Å². The summed E-state index contributed by atoms with van der Waals surface area (Å²) in [5, 5.41) is 5.13. The number of allylic oxidation sites excluding steroid dienone is 4. The molecule has 0 radical (unpaired) electrons. The molecule has 0 bridgehead atoms.